The van der Waals surface area contributed by atoms with Gasteiger partial charge in [0.1, 0.15) is 0 Å². The Balaban J connectivity index is 2.32. The maximum Gasteiger partial charge on any atom is 0.417 e. The lowest BCUT2D eigenvalue weighted by Crippen LogP contribution is -2.38. The van der Waals surface area contributed by atoms with E-state index >= 15 is 0 Å². The van der Waals surface area contributed by atoms with Crippen molar-refractivity contribution < 1.29 is 13.2 Å². The van der Waals surface area contributed by atoms with Gasteiger partial charge in [0.25, 0.3) is 0 Å². The van der Waals surface area contributed by atoms with Gasteiger partial charge in [-0.05, 0) is 43.5 Å². The fourth-order valence-corrected chi connectivity index (χ4v) is 2.55. The predicted molar refractivity (Wildman–Crippen MR) is 70.2 cm³/mol. The van der Waals surface area contributed by atoms with E-state index in [2.05, 4.69) is 0 Å². The zero-order chi connectivity index (χ0) is 14.8. The Kier molecular flexibility index (Phi) is 4.19. The average Bonchev–Trinajstić information content (AvgIpc) is 2.45. The Morgan fingerprint density at radius 1 is 1.40 bits per heavy atom. The number of hydrogen-bond acceptors (Lipinski definition) is 3. The van der Waals surface area contributed by atoms with Gasteiger partial charge in [0, 0.05) is 18.8 Å². The first-order valence-electron chi connectivity index (χ1n) is 6.52. The molecule has 108 valence electrons. The molecule has 6 heteroatoms. The molecule has 1 unspecified atom stereocenters. The Hall–Kier alpha value is -1.74. The van der Waals surface area contributed by atoms with Crippen LogP contribution in [-0.2, 0) is 6.18 Å². The Morgan fingerprint density at radius 2 is 2.15 bits per heavy atom. The molecule has 0 amide bonds. The fourth-order valence-electron chi connectivity index (χ4n) is 2.55. The van der Waals surface area contributed by atoms with Crippen LogP contribution in [0.15, 0.2) is 18.2 Å². The summed E-state index contributed by atoms with van der Waals surface area (Å²) in [5.74, 6) is 0.314. The van der Waals surface area contributed by atoms with E-state index in [1.54, 1.807) is 12.1 Å². The monoisotopic (exact) mass is 283 g/mol. The van der Waals surface area contributed by atoms with E-state index in [1.807, 2.05) is 4.90 Å². The van der Waals surface area contributed by atoms with Gasteiger partial charge in [-0.2, -0.15) is 18.4 Å². The molecule has 0 aromatic heterocycles. The van der Waals surface area contributed by atoms with Crippen LogP contribution < -0.4 is 10.6 Å². The number of piperidine rings is 1. The lowest BCUT2D eigenvalue weighted by atomic mass is 9.97. The van der Waals surface area contributed by atoms with Crippen molar-refractivity contribution in [2.75, 3.05) is 24.5 Å². The minimum absolute atomic E-state index is 0.314. The van der Waals surface area contributed by atoms with Gasteiger partial charge in [0.2, 0.25) is 0 Å². The first-order valence-corrected chi connectivity index (χ1v) is 6.52. The molecule has 1 aliphatic rings. The summed E-state index contributed by atoms with van der Waals surface area (Å²) in [4.78, 5) is 1.91. The molecule has 3 nitrogen and oxygen atoms in total. The highest BCUT2D eigenvalue weighted by molar-refractivity contribution is 5.55. The third-order valence-corrected chi connectivity index (χ3v) is 3.65. The molecule has 1 aliphatic heterocycles. The van der Waals surface area contributed by atoms with Crippen LogP contribution >= 0.6 is 0 Å². The highest BCUT2D eigenvalue weighted by Crippen LogP contribution is 2.35. The molecule has 20 heavy (non-hydrogen) atoms. The van der Waals surface area contributed by atoms with E-state index in [1.165, 1.54) is 6.07 Å². The molecule has 0 bridgehead atoms. The number of rotatable bonds is 2. The molecule has 1 atom stereocenters. The Morgan fingerprint density at radius 3 is 2.75 bits per heavy atom. The first kappa shape index (κ1) is 14.7. The van der Waals surface area contributed by atoms with Crippen LogP contribution in [0.3, 0.4) is 0 Å². The number of nitrogens with zero attached hydrogens (tertiary/aromatic N) is 2. The van der Waals surface area contributed by atoms with E-state index in [9.17, 15) is 13.2 Å². The number of hydrogen-bond donors (Lipinski definition) is 1. The summed E-state index contributed by atoms with van der Waals surface area (Å²) >= 11 is 0. The van der Waals surface area contributed by atoms with Crippen molar-refractivity contribution in [3.05, 3.63) is 29.3 Å². The summed E-state index contributed by atoms with van der Waals surface area (Å²) in [5, 5.41) is 8.78. The number of halogens is 3. The van der Waals surface area contributed by atoms with Gasteiger partial charge in [-0.15, -0.1) is 0 Å². The second-order valence-corrected chi connectivity index (χ2v) is 5.03. The minimum atomic E-state index is -4.51. The number of benzene rings is 1. The van der Waals surface area contributed by atoms with Gasteiger partial charge in [0.15, 0.2) is 0 Å². The summed E-state index contributed by atoms with van der Waals surface area (Å²) in [6.07, 6.45) is -2.58. The molecule has 0 aliphatic carbocycles. The zero-order valence-electron chi connectivity index (χ0n) is 11.0. The Bertz CT molecular complexity index is 519. The molecular weight excluding hydrogens is 267 g/mol. The van der Waals surface area contributed by atoms with Gasteiger partial charge in [0.05, 0.1) is 17.2 Å². The summed E-state index contributed by atoms with van der Waals surface area (Å²) < 4.78 is 38.8. The normalized spacial score (nSPS) is 19.8. The summed E-state index contributed by atoms with van der Waals surface area (Å²) in [6, 6.07) is 5.48. The van der Waals surface area contributed by atoms with E-state index in [0.29, 0.717) is 24.7 Å². The molecule has 1 saturated heterocycles. The molecule has 1 fully saturated rings. The summed E-state index contributed by atoms with van der Waals surface area (Å²) in [7, 11) is 0. The van der Waals surface area contributed by atoms with Gasteiger partial charge in [-0.1, -0.05) is 0 Å². The molecule has 0 spiro atoms. The molecule has 2 N–H and O–H groups in total. The van der Waals surface area contributed by atoms with Gasteiger partial charge in [-0.25, -0.2) is 0 Å². The second-order valence-electron chi connectivity index (χ2n) is 5.03. The standard InChI is InChI=1S/C14H16F3N3/c15-14(16,17)13-6-12(4-3-11(13)8-19)20-5-1-2-10(7-18)9-20/h3-4,6,10H,1-2,5,7,9,18H2. The minimum Gasteiger partial charge on any atom is -0.371 e. The number of alkyl halides is 3. The number of anilines is 1. The molecule has 1 aromatic carbocycles. The van der Waals surface area contributed by atoms with Crippen LogP contribution in [0.5, 0.6) is 0 Å². The maximum absolute atomic E-state index is 12.9. The van der Waals surface area contributed by atoms with Gasteiger partial charge < -0.3 is 10.6 Å². The third kappa shape index (κ3) is 3.05. The lowest BCUT2D eigenvalue weighted by molar-refractivity contribution is -0.137. The number of nitriles is 1. The molecular formula is C14H16F3N3. The van der Waals surface area contributed by atoms with Crippen molar-refractivity contribution in [2.45, 2.75) is 19.0 Å². The van der Waals surface area contributed by atoms with E-state index < -0.39 is 11.7 Å². The van der Waals surface area contributed by atoms with Crippen molar-refractivity contribution in [3.63, 3.8) is 0 Å². The van der Waals surface area contributed by atoms with E-state index in [-0.39, 0.29) is 5.56 Å². The topological polar surface area (TPSA) is 53.0 Å². The molecule has 1 aromatic rings. The summed E-state index contributed by atoms with van der Waals surface area (Å²) in [6.45, 7) is 1.93. The largest absolute Gasteiger partial charge is 0.417 e. The predicted octanol–water partition coefficient (Wildman–Crippen LogP) is 2.75. The Labute approximate surface area is 115 Å². The molecule has 0 saturated carbocycles. The highest BCUT2D eigenvalue weighted by Gasteiger charge is 2.34. The van der Waals surface area contributed by atoms with E-state index in [4.69, 9.17) is 11.0 Å². The molecule has 1 heterocycles. The summed E-state index contributed by atoms with van der Waals surface area (Å²) in [5.41, 5.74) is 4.94. The maximum atomic E-state index is 12.9. The molecule has 2 rings (SSSR count). The van der Waals surface area contributed by atoms with Crippen LogP contribution in [0.1, 0.15) is 24.0 Å². The van der Waals surface area contributed by atoms with Crippen molar-refractivity contribution in [3.8, 4) is 6.07 Å². The van der Waals surface area contributed by atoms with Crippen molar-refractivity contribution in [1.82, 2.24) is 0 Å². The lowest BCUT2D eigenvalue weighted by Gasteiger charge is -2.34. The van der Waals surface area contributed by atoms with E-state index in [0.717, 1.165) is 25.5 Å². The van der Waals surface area contributed by atoms with Crippen LogP contribution in [0.2, 0.25) is 0 Å². The van der Waals surface area contributed by atoms with Crippen molar-refractivity contribution in [1.29, 1.82) is 5.26 Å². The molecule has 0 radical (unpaired) electrons. The second kappa shape index (κ2) is 5.71. The number of nitrogens with two attached hydrogens (primary N) is 1. The third-order valence-electron chi connectivity index (χ3n) is 3.65. The first-order chi connectivity index (χ1) is 9.45. The van der Waals surface area contributed by atoms with Gasteiger partial charge >= 0.3 is 6.18 Å². The average molecular weight is 283 g/mol. The van der Waals surface area contributed by atoms with Crippen LogP contribution in [0, 0.1) is 17.2 Å². The highest BCUT2D eigenvalue weighted by atomic mass is 19.4. The smallest absolute Gasteiger partial charge is 0.371 e. The fraction of sp³-hybridized carbons (Fsp3) is 0.500. The SMILES string of the molecule is N#Cc1ccc(N2CCCC(CN)C2)cc1C(F)(F)F. The van der Waals surface area contributed by atoms with Crippen molar-refractivity contribution in [2.24, 2.45) is 11.7 Å². The van der Waals surface area contributed by atoms with Crippen LogP contribution in [0.4, 0.5) is 18.9 Å². The van der Waals surface area contributed by atoms with Crippen LogP contribution in [-0.4, -0.2) is 19.6 Å². The van der Waals surface area contributed by atoms with Crippen molar-refractivity contribution >= 4 is 5.69 Å². The van der Waals surface area contributed by atoms with Gasteiger partial charge in [-0.3, -0.25) is 0 Å². The van der Waals surface area contributed by atoms with Crippen LogP contribution in [0.25, 0.3) is 0 Å². The zero-order valence-corrected chi connectivity index (χ0v) is 11.0. The quantitative estimate of drug-likeness (QED) is 0.908.